The zero-order chi connectivity index (χ0) is 18.2. The lowest BCUT2D eigenvalue weighted by molar-refractivity contribution is -0.185. The molecule has 136 valence electrons. The summed E-state index contributed by atoms with van der Waals surface area (Å²) in [5, 5.41) is 2.30. The number of benzene rings is 1. The van der Waals surface area contributed by atoms with E-state index in [0.29, 0.717) is 5.56 Å². The van der Waals surface area contributed by atoms with Crippen LogP contribution >= 0.6 is 0 Å². The van der Waals surface area contributed by atoms with Crippen molar-refractivity contribution in [1.29, 1.82) is 0 Å². The van der Waals surface area contributed by atoms with Gasteiger partial charge in [0.15, 0.2) is 0 Å². The van der Waals surface area contributed by atoms with Crippen LogP contribution in [-0.4, -0.2) is 46.3 Å². The maximum atomic E-state index is 12.0. The summed E-state index contributed by atoms with van der Waals surface area (Å²) in [4.78, 5) is 11.5. The molecule has 1 unspecified atom stereocenters. The van der Waals surface area contributed by atoms with E-state index in [1.54, 1.807) is 30.3 Å². The van der Waals surface area contributed by atoms with Crippen molar-refractivity contribution in [1.82, 2.24) is 10.0 Å². The minimum absolute atomic E-state index is 0.0629. The third kappa shape index (κ3) is 8.85. The predicted molar refractivity (Wildman–Crippen MR) is 81.5 cm³/mol. The van der Waals surface area contributed by atoms with Crippen LogP contribution in [0.4, 0.5) is 13.2 Å². The molecule has 0 heterocycles. The summed E-state index contributed by atoms with van der Waals surface area (Å²) >= 11 is 0. The number of halogens is 3. The van der Waals surface area contributed by atoms with E-state index in [2.05, 4.69) is 14.8 Å². The molecule has 0 aliphatic heterocycles. The quantitative estimate of drug-likeness (QED) is 0.642. The predicted octanol–water partition coefficient (Wildman–Crippen LogP) is 1.19. The van der Waals surface area contributed by atoms with E-state index in [0.717, 1.165) is 0 Å². The molecule has 0 bridgehead atoms. The van der Waals surface area contributed by atoms with Gasteiger partial charge in [0.05, 0.1) is 5.75 Å². The van der Waals surface area contributed by atoms with Gasteiger partial charge in [0.2, 0.25) is 15.9 Å². The number of nitrogens with one attached hydrogen (secondary N) is 2. The highest BCUT2D eigenvalue weighted by Crippen LogP contribution is 2.15. The van der Waals surface area contributed by atoms with Crippen molar-refractivity contribution in [3.05, 3.63) is 35.9 Å². The van der Waals surface area contributed by atoms with Gasteiger partial charge in [0.1, 0.15) is 12.7 Å². The van der Waals surface area contributed by atoms with E-state index >= 15 is 0 Å². The van der Waals surface area contributed by atoms with Crippen LogP contribution in [0.3, 0.4) is 0 Å². The largest absolute Gasteiger partial charge is 0.411 e. The first-order chi connectivity index (χ1) is 11.1. The van der Waals surface area contributed by atoms with Crippen molar-refractivity contribution < 1.29 is 31.1 Å². The highest BCUT2D eigenvalue weighted by atomic mass is 32.2. The van der Waals surface area contributed by atoms with Crippen LogP contribution in [0.2, 0.25) is 0 Å². The lowest BCUT2D eigenvalue weighted by Gasteiger charge is -2.15. The van der Waals surface area contributed by atoms with Gasteiger partial charge in [0.25, 0.3) is 0 Å². The summed E-state index contributed by atoms with van der Waals surface area (Å²) in [5.74, 6) is -0.950. The average Bonchev–Trinajstić information content (AvgIpc) is 2.48. The normalized spacial score (nSPS) is 13.5. The zero-order valence-electron chi connectivity index (χ0n) is 13.0. The molecule has 0 fully saturated rings. The van der Waals surface area contributed by atoms with Crippen LogP contribution in [0, 0.1) is 0 Å². The van der Waals surface area contributed by atoms with E-state index < -0.39 is 34.8 Å². The summed E-state index contributed by atoms with van der Waals surface area (Å²) in [6.07, 6.45) is -5.80. The molecule has 0 saturated heterocycles. The fourth-order valence-electron chi connectivity index (χ4n) is 1.68. The molecule has 1 aromatic carbocycles. The fraction of sp³-hybridized carbons (Fsp3) is 0.500. The Morgan fingerprint density at radius 2 is 1.83 bits per heavy atom. The second-order valence-electron chi connectivity index (χ2n) is 5.00. The van der Waals surface area contributed by atoms with Gasteiger partial charge in [-0.2, -0.15) is 13.2 Å². The van der Waals surface area contributed by atoms with Gasteiger partial charge in [-0.05, 0) is 12.5 Å². The van der Waals surface area contributed by atoms with Crippen molar-refractivity contribution >= 4 is 15.9 Å². The third-order valence-corrected chi connectivity index (χ3v) is 4.17. The Hall–Kier alpha value is -1.65. The first kappa shape index (κ1) is 20.4. The molecule has 0 spiro atoms. The Labute approximate surface area is 138 Å². The summed E-state index contributed by atoms with van der Waals surface area (Å²) in [6.45, 7) is -0.481. The summed E-state index contributed by atoms with van der Waals surface area (Å²) in [6, 6.07) is 8.53. The lowest BCUT2D eigenvalue weighted by atomic mass is 10.2. The first-order valence-electron chi connectivity index (χ1n) is 7.06. The molecule has 10 heteroatoms. The molecule has 0 saturated carbocycles. The molecule has 0 aliphatic carbocycles. The van der Waals surface area contributed by atoms with E-state index in [9.17, 15) is 26.4 Å². The summed E-state index contributed by atoms with van der Waals surface area (Å²) < 4.78 is 66.2. The van der Waals surface area contributed by atoms with Crippen LogP contribution < -0.4 is 10.0 Å². The number of carbonyl (C=O) groups is 1. The number of hydrogen-bond acceptors (Lipinski definition) is 4. The smallest absolute Gasteiger partial charge is 0.359 e. The summed E-state index contributed by atoms with van der Waals surface area (Å²) in [5.41, 5.74) is 0.614. The minimum atomic E-state index is -4.51. The molecule has 0 aliphatic rings. The Morgan fingerprint density at radius 3 is 2.42 bits per heavy atom. The molecule has 6 nitrogen and oxygen atoms in total. The molecule has 1 atom stereocenters. The molecular formula is C14H19F3N2O4S. The van der Waals surface area contributed by atoms with E-state index in [4.69, 9.17) is 0 Å². The van der Waals surface area contributed by atoms with Gasteiger partial charge in [-0.25, -0.2) is 13.1 Å². The Balaban J connectivity index is 2.28. The fourth-order valence-corrected chi connectivity index (χ4v) is 2.82. The SMILES string of the molecule is CC(OCC(F)(F)F)C(=O)NCCNS(=O)(=O)Cc1ccccc1. The van der Waals surface area contributed by atoms with Gasteiger partial charge in [0, 0.05) is 13.1 Å². The molecule has 2 N–H and O–H groups in total. The van der Waals surface area contributed by atoms with Crippen LogP contribution in [0.5, 0.6) is 0 Å². The van der Waals surface area contributed by atoms with E-state index in [1.165, 1.54) is 6.92 Å². The van der Waals surface area contributed by atoms with Crippen molar-refractivity contribution in [3.8, 4) is 0 Å². The number of hydrogen-bond donors (Lipinski definition) is 2. The monoisotopic (exact) mass is 368 g/mol. The first-order valence-corrected chi connectivity index (χ1v) is 8.71. The highest BCUT2D eigenvalue weighted by molar-refractivity contribution is 7.88. The molecule has 0 aromatic heterocycles. The number of ether oxygens (including phenoxy) is 1. The Bertz CT molecular complexity index is 621. The van der Waals surface area contributed by atoms with Crippen molar-refractivity contribution in [2.24, 2.45) is 0 Å². The van der Waals surface area contributed by atoms with Crippen LogP contribution in [0.25, 0.3) is 0 Å². The number of sulfonamides is 1. The number of amides is 1. The number of rotatable bonds is 9. The van der Waals surface area contributed by atoms with Crippen molar-refractivity contribution in [2.45, 2.75) is 25.0 Å². The van der Waals surface area contributed by atoms with Gasteiger partial charge in [-0.1, -0.05) is 30.3 Å². The van der Waals surface area contributed by atoms with E-state index in [1.807, 2.05) is 0 Å². The Kier molecular flexibility index (Phi) is 7.64. The Morgan fingerprint density at radius 1 is 1.21 bits per heavy atom. The van der Waals surface area contributed by atoms with Gasteiger partial charge >= 0.3 is 6.18 Å². The molecular weight excluding hydrogens is 349 g/mol. The lowest BCUT2D eigenvalue weighted by Crippen LogP contribution is -2.40. The van der Waals surface area contributed by atoms with Gasteiger partial charge in [-0.3, -0.25) is 4.79 Å². The number of carbonyl (C=O) groups excluding carboxylic acids is 1. The van der Waals surface area contributed by atoms with Crippen molar-refractivity contribution in [3.63, 3.8) is 0 Å². The van der Waals surface area contributed by atoms with Crippen LogP contribution in [-0.2, 0) is 25.3 Å². The van der Waals surface area contributed by atoms with Crippen LogP contribution in [0.1, 0.15) is 12.5 Å². The van der Waals surface area contributed by atoms with Gasteiger partial charge in [-0.15, -0.1) is 0 Å². The molecule has 24 heavy (non-hydrogen) atoms. The molecule has 0 radical (unpaired) electrons. The minimum Gasteiger partial charge on any atom is -0.359 e. The van der Waals surface area contributed by atoms with Crippen LogP contribution in [0.15, 0.2) is 30.3 Å². The zero-order valence-corrected chi connectivity index (χ0v) is 13.8. The van der Waals surface area contributed by atoms with Crippen molar-refractivity contribution in [2.75, 3.05) is 19.7 Å². The maximum absolute atomic E-state index is 12.0. The molecule has 1 amide bonds. The third-order valence-electron chi connectivity index (χ3n) is 2.81. The topological polar surface area (TPSA) is 84.5 Å². The second-order valence-corrected chi connectivity index (χ2v) is 6.81. The molecule has 1 rings (SSSR count). The summed E-state index contributed by atoms with van der Waals surface area (Å²) in [7, 11) is -3.56. The second kappa shape index (κ2) is 9.00. The number of alkyl halides is 3. The standard InChI is InChI=1S/C14H19F3N2O4S/c1-11(23-10-14(15,16)17)13(20)18-7-8-19-24(21,22)9-12-5-3-2-4-6-12/h2-6,11,19H,7-10H2,1H3,(H,18,20). The average molecular weight is 368 g/mol. The van der Waals surface area contributed by atoms with Gasteiger partial charge < -0.3 is 10.1 Å². The maximum Gasteiger partial charge on any atom is 0.411 e. The van der Waals surface area contributed by atoms with E-state index in [-0.39, 0.29) is 18.8 Å². The highest BCUT2D eigenvalue weighted by Gasteiger charge is 2.29. The molecule has 1 aromatic rings.